The van der Waals surface area contributed by atoms with Crippen molar-refractivity contribution in [3.63, 3.8) is 0 Å². The fraction of sp³-hybridized carbons (Fsp3) is 0.600. The molecule has 4 atom stereocenters. The Morgan fingerprint density at radius 1 is 1.39 bits per heavy atom. The predicted molar refractivity (Wildman–Crippen MR) is 65.6 cm³/mol. The van der Waals surface area contributed by atoms with E-state index in [0.29, 0.717) is 5.56 Å². The average molecular weight is 274 g/mol. The Kier molecular flexibility index (Phi) is 3.62. The predicted octanol–water partition coefficient (Wildman–Crippen LogP) is -1.83. The lowest BCUT2D eigenvalue weighted by molar-refractivity contribution is 0.0101. The Balaban J connectivity index is 2.42. The molecule has 1 fully saturated rings. The van der Waals surface area contributed by atoms with Crippen molar-refractivity contribution < 1.29 is 15.3 Å². The molecule has 0 saturated carbocycles. The van der Waals surface area contributed by atoms with Gasteiger partial charge in [0.25, 0.3) is 5.56 Å². The number of hydrogen-bond acceptors (Lipinski definition) is 6. The molecular formula is C10H14N2O5S. The maximum atomic E-state index is 11.7. The molecule has 0 amide bonds. The fourth-order valence-corrected chi connectivity index (χ4v) is 3.26. The van der Waals surface area contributed by atoms with Crippen molar-refractivity contribution in [1.82, 2.24) is 9.55 Å². The second-order valence-electron chi connectivity index (χ2n) is 4.21. The van der Waals surface area contributed by atoms with Crippen LogP contribution in [0.4, 0.5) is 0 Å². The van der Waals surface area contributed by atoms with Crippen molar-refractivity contribution in [3.8, 4) is 0 Å². The number of thioether (sulfide) groups is 1. The molecule has 1 aliphatic heterocycles. The molecule has 2 heterocycles. The van der Waals surface area contributed by atoms with Crippen LogP contribution in [0.3, 0.4) is 0 Å². The summed E-state index contributed by atoms with van der Waals surface area (Å²) in [5.41, 5.74) is -0.787. The van der Waals surface area contributed by atoms with Crippen molar-refractivity contribution >= 4 is 11.8 Å². The minimum atomic E-state index is -1.17. The van der Waals surface area contributed by atoms with Crippen molar-refractivity contribution in [2.75, 3.05) is 6.61 Å². The van der Waals surface area contributed by atoms with Gasteiger partial charge < -0.3 is 15.3 Å². The van der Waals surface area contributed by atoms with E-state index in [1.54, 1.807) is 6.92 Å². The Labute approximate surface area is 106 Å². The molecule has 0 unspecified atom stereocenters. The molecule has 18 heavy (non-hydrogen) atoms. The summed E-state index contributed by atoms with van der Waals surface area (Å²) >= 11 is 1.10. The summed E-state index contributed by atoms with van der Waals surface area (Å²) in [5.74, 6) is 0. The molecule has 1 aliphatic rings. The van der Waals surface area contributed by atoms with Gasteiger partial charge in [-0.05, 0) is 6.92 Å². The zero-order chi connectivity index (χ0) is 13.4. The van der Waals surface area contributed by atoms with E-state index in [1.165, 1.54) is 10.8 Å². The molecule has 0 bridgehead atoms. The third kappa shape index (κ3) is 2.12. The van der Waals surface area contributed by atoms with Gasteiger partial charge in [0.2, 0.25) is 0 Å². The molecule has 2 rings (SSSR count). The molecule has 7 nitrogen and oxygen atoms in total. The van der Waals surface area contributed by atoms with Gasteiger partial charge in [0.05, 0.1) is 18.0 Å². The average Bonchev–Trinajstić information content (AvgIpc) is 2.61. The van der Waals surface area contributed by atoms with Crippen LogP contribution in [0, 0.1) is 6.92 Å². The van der Waals surface area contributed by atoms with Crippen LogP contribution >= 0.6 is 11.8 Å². The van der Waals surface area contributed by atoms with E-state index in [2.05, 4.69) is 4.98 Å². The Morgan fingerprint density at radius 2 is 2.06 bits per heavy atom. The molecule has 1 saturated heterocycles. The number of nitrogens with one attached hydrogen (secondary N) is 1. The number of rotatable bonds is 2. The maximum absolute atomic E-state index is 11.7. The summed E-state index contributed by atoms with van der Waals surface area (Å²) in [6.45, 7) is 1.25. The number of aliphatic hydroxyl groups excluding tert-OH is 3. The highest BCUT2D eigenvalue weighted by molar-refractivity contribution is 8.00. The number of nitrogens with zero attached hydrogens (tertiary/aromatic N) is 1. The summed E-state index contributed by atoms with van der Waals surface area (Å²) in [4.78, 5) is 25.0. The van der Waals surface area contributed by atoms with Crippen molar-refractivity contribution in [2.24, 2.45) is 0 Å². The molecule has 0 aromatic carbocycles. The number of H-pyrrole nitrogens is 1. The number of hydrogen-bond donors (Lipinski definition) is 4. The maximum Gasteiger partial charge on any atom is 0.329 e. The van der Waals surface area contributed by atoms with Crippen LogP contribution in [-0.4, -0.2) is 48.9 Å². The molecule has 0 radical (unpaired) electrons. The molecule has 1 aromatic rings. The second kappa shape index (κ2) is 4.88. The topological polar surface area (TPSA) is 116 Å². The quantitative estimate of drug-likeness (QED) is 0.504. The van der Waals surface area contributed by atoms with Crippen LogP contribution in [0.2, 0.25) is 0 Å². The summed E-state index contributed by atoms with van der Waals surface area (Å²) in [6.07, 6.45) is -0.937. The number of aliphatic hydroxyl groups is 3. The van der Waals surface area contributed by atoms with E-state index in [1.807, 2.05) is 0 Å². The van der Waals surface area contributed by atoms with E-state index < -0.39 is 34.1 Å². The van der Waals surface area contributed by atoms with Gasteiger partial charge in [0.15, 0.2) is 0 Å². The smallest absolute Gasteiger partial charge is 0.329 e. The van der Waals surface area contributed by atoms with E-state index in [-0.39, 0.29) is 6.61 Å². The molecule has 100 valence electrons. The summed E-state index contributed by atoms with van der Waals surface area (Å²) in [7, 11) is 0. The zero-order valence-electron chi connectivity index (χ0n) is 9.61. The van der Waals surface area contributed by atoms with Gasteiger partial charge >= 0.3 is 5.69 Å². The lowest BCUT2D eigenvalue weighted by Gasteiger charge is -2.17. The largest absolute Gasteiger partial charge is 0.395 e. The van der Waals surface area contributed by atoms with Crippen LogP contribution in [0.1, 0.15) is 10.9 Å². The zero-order valence-corrected chi connectivity index (χ0v) is 10.4. The standard InChI is InChI=1S/C10H14N2O5S/c1-4-2-12(10(17)11-8(4)16)9-7(15)6(14)5(3-13)18-9/h2,5-7,9,13-15H,3H2,1H3,(H,11,16,17)/t5-,6-,7+,9-/m1/s1. The number of aromatic amines is 1. The third-order valence-corrected chi connectivity index (χ3v) is 4.50. The van der Waals surface area contributed by atoms with Gasteiger partial charge in [0, 0.05) is 11.8 Å². The third-order valence-electron chi connectivity index (χ3n) is 2.94. The van der Waals surface area contributed by atoms with E-state index in [4.69, 9.17) is 5.11 Å². The number of aryl methyl sites for hydroxylation is 1. The van der Waals surface area contributed by atoms with Gasteiger partial charge in [-0.2, -0.15) is 0 Å². The fourth-order valence-electron chi connectivity index (χ4n) is 1.88. The van der Waals surface area contributed by atoms with Crippen LogP contribution in [0.25, 0.3) is 0 Å². The van der Waals surface area contributed by atoms with Gasteiger partial charge in [0.1, 0.15) is 11.5 Å². The highest BCUT2D eigenvalue weighted by atomic mass is 32.2. The van der Waals surface area contributed by atoms with E-state index in [9.17, 15) is 19.8 Å². The molecule has 0 aliphatic carbocycles. The molecule has 1 aromatic heterocycles. The number of aromatic nitrogens is 2. The first-order valence-electron chi connectivity index (χ1n) is 5.40. The van der Waals surface area contributed by atoms with E-state index >= 15 is 0 Å². The first kappa shape index (κ1) is 13.3. The first-order chi connectivity index (χ1) is 8.45. The van der Waals surface area contributed by atoms with E-state index in [0.717, 1.165) is 11.8 Å². The lowest BCUT2D eigenvalue weighted by atomic mass is 10.1. The monoisotopic (exact) mass is 274 g/mol. The summed E-state index contributed by atoms with van der Waals surface area (Å²) in [6, 6.07) is 0. The first-order valence-corrected chi connectivity index (χ1v) is 6.34. The normalized spacial score (nSPS) is 31.8. The van der Waals surface area contributed by atoms with Gasteiger partial charge in [-0.15, -0.1) is 11.8 Å². The minimum absolute atomic E-state index is 0.295. The van der Waals surface area contributed by atoms with Gasteiger partial charge in [-0.25, -0.2) is 4.79 Å². The van der Waals surface area contributed by atoms with Crippen LogP contribution < -0.4 is 11.2 Å². The summed E-state index contributed by atoms with van der Waals surface area (Å²) in [5, 5.41) is 27.3. The molecule has 4 N–H and O–H groups in total. The van der Waals surface area contributed by atoms with Gasteiger partial charge in [-0.1, -0.05) is 0 Å². The lowest BCUT2D eigenvalue weighted by Crippen LogP contribution is -2.38. The summed E-state index contributed by atoms with van der Waals surface area (Å²) < 4.78 is 1.17. The van der Waals surface area contributed by atoms with Crippen molar-refractivity contribution in [1.29, 1.82) is 0 Å². The van der Waals surface area contributed by atoms with Crippen LogP contribution in [-0.2, 0) is 0 Å². The Hall–Kier alpha value is -1.09. The van der Waals surface area contributed by atoms with Crippen LogP contribution in [0.15, 0.2) is 15.8 Å². The Bertz CT molecular complexity index is 554. The van der Waals surface area contributed by atoms with Gasteiger partial charge in [-0.3, -0.25) is 14.3 Å². The highest BCUT2D eigenvalue weighted by Crippen LogP contribution is 2.40. The van der Waals surface area contributed by atoms with Crippen LogP contribution in [0.5, 0.6) is 0 Å². The molecule has 0 spiro atoms. The SMILES string of the molecule is Cc1cn([C@@H]2S[C@H](CO)[C@@H](O)[C@@H]2O)c(=O)[nH]c1=O. The second-order valence-corrected chi connectivity index (χ2v) is 5.57. The molecule has 8 heteroatoms. The minimum Gasteiger partial charge on any atom is -0.395 e. The van der Waals surface area contributed by atoms with Crippen molar-refractivity contribution in [2.45, 2.75) is 29.8 Å². The Morgan fingerprint density at radius 3 is 2.61 bits per heavy atom. The molecular weight excluding hydrogens is 260 g/mol. The highest BCUT2D eigenvalue weighted by Gasteiger charge is 2.43. The van der Waals surface area contributed by atoms with Crippen molar-refractivity contribution in [3.05, 3.63) is 32.6 Å².